The fraction of sp³-hybridized carbons (Fsp3) is 0.333. The number of hydrogen-bond donors (Lipinski definition) is 2. The van der Waals surface area contributed by atoms with E-state index in [1.165, 1.54) is 21.8 Å². The molecule has 0 aliphatic carbocycles. The zero-order valence-electron chi connectivity index (χ0n) is 12.1. The molecule has 2 aromatic carbocycles. The quantitative estimate of drug-likeness (QED) is 0.730. The number of hydrogen-bond acceptors (Lipinski definition) is 2. The van der Waals surface area contributed by atoms with E-state index < -0.39 is 0 Å². The summed E-state index contributed by atoms with van der Waals surface area (Å²) in [6.07, 6.45) is 1.79. The maximum absolute atomic E-state index is 9.16. The van der Waals surface area contributed by atoms with Gasteiger partial charge in [-0.25, -0.2) is 0 Å². The topological polar surface area (TPSA) is 45.4 Å². The maximum Gasteiger partial charge on any atom is 0.0491 e. The van der Waals surface area contributed by atoms with Crippen LogP contribution in [0.1, 0.15) is 12.8 Å². The van der Waals surface area contributed by atoms with E-state index >= 15 is 0 Å². The summed E-state index contributed by atoms with van der Waals surface area (Å²) in [7, 11) is 0. The summed E-state index contributed by atoms with van der Waals surface area (Å²) in [5, 5.41) is 20.9. The van der Waals surface area contributed by atoms with Crippen LogP contribution in [0, 0.1) is 5.92 Å². The van der Waals surface area contributed by atoms with Crippen molar-refractivity contribution in [2.75, 3.05) is 13.2 Å². The summed E-state index contributed by atoms with van der Waals surface area (Å²) in [6, 6.07) is 16.9. The molecule has 0 saturated carbocycles. The van der Waals surface area contributed by atoms with E-state index in [0.29, 0.717) is 0 Å². The van der Waals surface area contributed by atoms with Crippen molar-refractivity contribution in [3.05, 3.63) is 48.5 Å². The monoisotopic (exact) mass is 283 g/mol. The fourth-order valence-corrected chi connectivity index (χ4v) is 3.02. The maximum atomic E-state index is 9.16. The second kappa shape index (κ2) is 6.29. The lowest BCUT2D eigenvalue weighted by molar-refractivity contribution is 0.141. The van der Waals surface area contributed by atoms with Crippen molar-refractivity contribution in [2.45, 2.75) is 19.4 Å². The van der Waals surface area contributed by atoms with E-state index in [2.05, 4.69) is 53.1 Å². The highest BCUT2D eigenvalue weighted by molar-refractivity contribution is 6.07. The lowest BCUT2D eigenvalue weighted by Crippen LogP contribution is -2.12. The van der Waals surface area contributed by atoms with Gasteiger partial charge in [-0.2, -0.15) is 0 Å². The van der Waals surface area contributed by atoms with Crippen LogP contribution in [-0.4, -0.2) is 28.0 Å². The number of rotatable bonds is 6. The lowest BCUT2D eigenvalue weighted by atomic mass is 10.1. The van der Waals surface area contributed by atoms with Crippen LogP contribution in [0.3, 0.4) is 0 Å². The minimum absolute atomic E-state index is 0.00177. The number of benzene rings is 2. The molecule has 0 radical (unpaired) electrons. The standard InChI is InChI=1S/C18H21NO2/c20-12-14(13-21)6-5-11-19-17-9-3-1-7-15(17)16-8-2-4-10-18(16)19/h1-4,7-10,14,20-21H,5-6,11-13H2. The third kappa shape index (κ3) is 2.67. The van der Waals surface area contributed by atoms with Gasteiger partial charge in [-0.05, 0) is 25.0 Å². The van der Waals surface area contributed by atoms with Crippen molar-refractivity contribution in [3.8, 4) is 0 Å². The van der Waals surface area contributed by atoms with Crippen LogP contribution in [0.25, 0.3) is 21.8 Å². The van der Waals surface area contributed by atoms with Gasteiger partial charge in [0, 0.05) is 47.5 Å². The van der Waals surface area contributed by atoms with E-state index in [0.717, 1.165) is 19.4 Å². The van der Waals surface area contributed by atoms with E-state index in [9.17, 15) is 0 Å². The molecule has 1 aromatic heterocycles. The Balaban J connectivity index is 1.93. The van der Waals surface area contributed by atoms with Crippen LogP contribution in [0.5, 0.6) is 0 Å². The minimum atomic E-state index is -0.00177. The van der Waals surface area contributed by atoms with Crippen molar-refractivity contribution in [1.82, 2.24) is 4.57 Å². The number of para-hydroxylation sites is 2. The Hall–Kier alpha value is -1.84. The smallest absolute Gasteiger partial charge is 0.0491 e. The van der Waals surface area contributed by atoms with Gasteiger partial charge in [0.05, 0.1) is 0 Å². The average molecular weight is 283 g/mol. The Kier molecular flexibility index (Phi) is 4.23. The molecule has 0 fully saturated rings. The van der Waals surface area contributed by atoms with Crippen LogP contribution in [-0.2, 0) is 6.54 Å². The Bertz CT molecular complexity index is 675. The molecule has 3 rings (SSSR count). The molecule has 110 valence electrons. The highest BCUT2D eigenvalue weighted by Gasteiger charge is 2.10. The highest BCUT2D eigenvalue weighted by Crippen LogP contribution is 2.29. The average Bonchev–Trinajstić information content (AvgIpc) is 2.86. The van der Waals surface area contributed by atoms with Crippen molar-refractivity contribution in [2.24, 2.45) is 5.92 Å². The molecule has 0 unspecified atom stereocenters. The van der Waals surface area contributed by atoms with Gasteiger partial charge in [-0.15, -0.1) is 0 Å². The molecule has 2 N–H and O–H groups in total. The number of aromatic nitrogens is 1. The predicted octanol–water partition coefficient (Wildman–Crippen LogP) is 3.18. The number of nitrogens with zero attached hydrogens (tertiary/aromatic N) is 1. The van der Waals surface area contributed by atoms with E-state index in [1.54, 1.807) is 0 Å². The summed E-state index contributed by atoms with van der Waals surface area (Å²) < 4.78 is 2.34. The first-order chi connectivity index (χ1) is 10.3. The first-order valence-electron chi connectivity index (χ1n) is 7.53. The van der Waals surface area contributed by atoms with Crippen molar-refractivity contribution >= 4 is 21.8 Å². The van der Waals surface area contributed by atoms with Gasteiger partial charge in [0.2, 0.25) is 0 Å². The zero-order valence-corrected chi connectivity index (χ0v) is 12.1. The van der Waals surface area contributed by atoms with Gasteiger partial charge in [0.25, 0.3) is 0 Å². The molecule has 3 aromatic rings. The van der Waals surface area contributed by atoms with Crippen LogP contribution in [0.4, 0.5) is 0 Å². The van der Waals surface area contributed by atoms with Crippen molar-refractivity contribution < 1.29 is 10.2 Å². The van der Waals surface area contributed by atoms with Gasteiger partial charge in [0.15, 0.2) is 0 Å². The van der Waals surface area contributed by atoms with E-state index in [4.69, 9.17) is 10.2 Å². The summed E-state index contributed by atoms with van der Waals surface area (Å²) in [4.78, 5) is 0. The molecule has 3 heteroatoms. The number of aryl methyl sites for hydroxylation is 1. The Labute approximate surface area is 124 Å². The minimum Gasteiger partial charge on any atom is -0.396 e. The third-order valence-electron chi connectivity index (χ3n) is 4.19. The van der Waals surface area contributed by atoms with Gasteiger partial charge in [-0.3, -0.25) is 0 Å². The highest BCUT2D eigenvalue weighted by atomic mass is 16.3. The number of aliphatic hydroxyl groups excluding tert-OH is 2. The lowest BCUT2D eigenvalue weighted by Gasteiger charge is -2.12. The third-order valence-corrected chi connectivity index (χ3v) is 4.19. The fourth-order valence-electron chi connectivity index (χ4n) is 3.02. The molecular formula is C18H21NO2. The SMILES string of the molecule is OCC(CO)CCCn1c2ccccc2c2ccccc21. The molecule has 0 saturated heterocycles. The van der Waals surface area contributed by atoms with Crippen LogP contribution >= 0.6 is 0 Å². The number of fused-ring (bicyclic) bond motifs is 3. The summed E-state index contributed by atoms with van der Waals surface area (Å²) in [5.74, 6) is -0.00177. The van der Waals surface area contributed by atoms with E-state index in [-0.39, 0.29) is 19.1 Å². The van der Waals surface area contributed by atoms with Crippen molar-refractivity contribution in [1.29, 1.82) is 0 Å². The largest absolute Gasteiger partial charge is 0.396 e. The second-order valence-electron chi connectivity index (χ2n) is 5.56. The molecule has 0 bridgehead atoms. The summed E-state index contributed by atoms with van der Waals surface area (Å²) in [5.41, 5.74) is 2.51. The first kappa shape index (κ1) is 14.1. The van der Waals surface area contributed by atoms with Gasteiger partial charge >= 0.3 is 0 Å². The van der Waals surface area contributed by atoms with Crippen molar-refractivity contribution in [3.63, 3.8) is 0 Å². The Morgan fingerprint density at radius 2 is 1.33 bits per heavy atom. The molecule has 0 atom stereocenters. The molecule has 0 aliphatic heterocycles. The van der Waals surface area contributed by atoms with Gasteiger partial charge in [-0.1, -0.05) is 36.4 Å². The van der Waals surface area contributed by atoms with E-state index in [1.807, 2.05) is 0 Å². The summed E-state index contributed by atoms with van der Waals surface area (Å²) in [6.45, 7) is 1.03. The Morgan fingerprint density at radius 1 is 0.810 bits per heavy atom. The molecule has 0 spiro atoms. The molecular weight excluding hydrogens is 262 g/mol. The second-order valence-corrected chi connectivity index (χ2v) is 5.56. The first-order valence-corrected chi connectivity index (χ1v) is 7.53. The summed E-state index contributed by atoms with van der Waals surface area (Å²) >= 11 is 0. The van der Waals surface area contributed by atoms with Crippen LogP contribution in [0.2, 0.25) is 0 Å². The predicted molar refractivity (Wildman–Crippen MR) is 86.3 cm³/mol. The van der Waals surface area contributed by atoms with Gasteiger partial charge < -0.3 is 14.8 Å². The molecule has 1 heterocycles. The van der Waals surface area contributed by atoms with Crippen LogP contribution in [0.15, 0.2) is 48.5 Å². The number of aliphatic hydroxyl groups is 2. The molecule has 3 nitrogen and oxygen atoms in total. The Morgan fingerprint density at radius 3 is 1.86 bits per heavy atom. The zero-order chi connectivity index (χ0) is 14.7. The normalized spacial score (nSPS) is 11.8. The van der Waals surface area contributed by atoms with Gasteiger partial charge in [0.1, 0.15) is 0 Å². The molecule has 21 heavy (non-hydrogen) atoms. The van der Waals surface area contributed by atoms with Crippen LogP contribution < -0.4 is 0 Å². The molecule has 0 aliphatic rings. The molecule has 0 amide bonds.